The van der Waals surface area contributed by atoms with Gasteiger partial charge in [-0.15, -0.1) is 0 Å². The Bertz CT molecular complexity index is 1450. The quantitative estimate of drug-likeness (QED) is 0.272. The third-order valence-corrected chi connectivity index (χ3v) is 7.73. The highest BCUT2D eigenvalue weighted by Gasteiger charge is 2.44. The van der Waals surface area contributed by atoms with E-state index in [2.05, 4.69) is 40.5 Å². The van der Waals surface area contributed by atoms with E-state index < -0.39 is 36.6 Å². The number of hydrogen-bond acceptors (Lipinski definition) is 8. The Kier molecular flexibility index (Phi) is 8.21. The molecule has 2 fully saturated rings. The van der Waals surface area contributed by atoms with E-state index in [1.807, 2.05) is 35.9 Å². The molecule has 4 N–H and O–H groups in total. The summed E-state index contributed by atoms with van der Waals surface area (Å²) in [6.07, 6.45) is -3.18. The van der Waals surface area contributed by atoms with Crippen LogP contribution in [0.1, 0.15) is 19.0 Å². The Morgan fingerprint density at radius 1 is 1.07 bits per heavy atom. The van der Waals surface area contributed by atoms with Crippen molar-refractivity contribution in [1.29, 1.82) is 5.26 Å². The van der Waals surface area contributed by atoms with Crippen LogP contribution >= 0.6 is 0 Å². The summed E-state index contributed by atoms with van der Waals surface area (Å²) in [6, 6.07) is 17.0. The van der Waals surface area contributed by atoms with Gasteiger partial charge in [0, 0.05) is 37.2 Å². The number of amides is 1. The highest BCUT2D eigenvalue weighted by atomic mass is 16.6. The second kappa shape index (κ2) is 11.8. The van der Waals surface area contributed by atoms with E-state index in [1.165, 1.54) is 11.8 Å². The van der Waals surface area contributed by atoms with Gasteiger partial charge >= 0.3 is 0 Å². The minimum atomic E-state index is -1.52. The summed E-state index contributed by atoms with van der Waals surface area (Å²) >= 11 is 0. The van der Waals surface area contributed by atoms with Crippen LogP contribution in [0.5, 0.6) is 0 Å². The monoisotopic (exact) mass is 546 g/mol. The lowest BCUT2D eigenvalue weighted by atomic mass is 9.95. The van der Waals surface area contributed by atoms with Gasteiger partial charge in [0.25, 0.3) is 5.91 Å². The molecule has 10 nitrogen and oxygen atoms in total. The number of carbonyl (C=O) groups is 1. The van der Waals surface area contributed by atoms with Crippen LogP contribution in [0.15, 0.2) is 54.1 Å². The Morgan fingerprint density at radius 3 is 2.52 bits per heavy atom. The lowest BCUT2D eigenvalue weighted by molar-refractivity contribution is -0.247. The fraction of sp³-hybridized carbons (Fsp3) is 0.400. The standard InChI is InChI=1S/C30H34N4O6/c1-3-25-27(35)28(36)26(30(38)40-25)32-29(37)21(17-31)16-22-8-9-24(33(22)2)20-5-4-19-15-23(7-6-18(19)14-20)34-10-12-39-13-11-34/h4-9,14-16,25-28,30,35-36,38H,3,10-13H2,1-2H3,(H,32,37)/b21-16+/t25-,26-,27-,28-,30?/m1/s1. The molecule has 2 aliphatic heterocycles. The first-order valence-corrected chi connectivity index (χ1v) is 13.5. The molecule has 2 aliphatic rings. The van der Waals surface area contributed by atoms with Gasteiger partial charge in [0.05, 0.1) is 19.3 Å². The molecule has 5 rings (SSSR count). The number of carbonyl (C=O) groups excluding carboxylic acids is 1. The van der Waals surface area contributed by atoms with Crippen molar-refractivity contribution in [1.82, 2.24) is 9.88 Å². The molecule has 10 heteroatoms. The number of anilines is 1. The summed E-state index contributed by atoms with van der Waals surface area (Å²) in [5.74, 6) is -0.791. The Balaban J connectivity index is 1.34. The summed E-state index contributed by atoms with van der Waals surface area (Å²) in [5, 5.41) is 45.3. The second-order valence-corrected chi connectivity index (χ2v) is 10.2. The summed E-state index contributed by atoms with van der Waals surface area (Å²) in [4.78, 5) is 15.2. The van der Waals surface area contributed by atoms with Crippen molar-refractivity contribution in [2.24, 2.45) is 7.05 Å². The average molecular weight is 547 g/mol. The minimum Gasteiger partial charge on any atom is -0.388 e. The van der Waals surface area contributed by atoms with Crippen molar-refractivity contribution in [3.05, 3.63) is 59.8 Å². The highest BCUT2D eigenvalue weighted by Crippen LogP contribution is 2.29. The maximum absolute atomic E-state index is 12.9. The van der Waals surface area contributed by atoms with Crippen LogP contribution in [0.3, 0.4) is 0 Å². The van der Waals surface area contributed by atoms with Gasteiger partial charge in [0.2, 0.25) is 0 Å². The van der Waals surface area contributed by atoms with Gasteiger partial charge in [-0.1, -0.05) is 25.1 Å². The topological polar surface area (TPSA) is 140 Å². The number of aliphatic hydroxyl groups is 3. The number of rotatable bonds is 6. The van der Waals surface area contributed by atoms with Crippen LogP contribution < -0.4 is 10.2 Å². The largest absolute Gasteiger partial charge is 0.388 e. The van der Waals surface area contributed by atoms with Crippen molar-refractivity contribution in [3.8, 4) is 17.3 Å². The van der Waals surface area contributed by atoms with Crippen LogP contribution in [0.2, 0.25) is 0 Å². The van der Waals surface area contributed by atoms with Crippen LogP contribution in [0, 0.1) is 11.3 Å². The van der Waals surface area contributed by atoms with E-state index >= 15 is 0 Å². The molecule has 1 aromatic heterocycles. The number of nitriles is 1. The fourth-order valence-corrected chi connectivity index (χ4v) is 5.34. The number of hydrogen-bond donors (Lipinski definition) is 4. The molecule has 0 bridgehead atoms. The SMILES string of the molecule is CC[C@H]1OC(O)[C@H](NC(=O)/C(C#N)=C/c2ccc(-c3ccc4cc(N5CCOCC5)ccc4c3)n2C)[C@@H](O)[C@@H]1O. The van der Waals surface area contributed by atoms with Crippen molar-refractivity contribution >= 4 is 28.4 Å². The zero-order valence-electron chi connectivity index (χ0n) is 22.5. The molecule has 3 aromatic rings. The number of benzene rings is 2. The van der Waals surface area contributed by atoms with Crippen molar-refractivity contribution in [3.63, 3.8) is 0 Å². The summed E-state index contributed by atoms with van der Waals surface area (Å²) in [7, 11) is 1.85. The van der Waals surface area contributed by atoms with Crippen LogP contribution in [-0.2, 0) is 21.3 Å². The van der Waals surface area contributed by atoms with E-state index in [4.69, 9.17) is 9.47 Å². The van der Waals surface area contributed by atoms with Crippen molar-refractivity contribution in [2.45, 2.75) is 44.0 Å². The number of nitrogens with one attached hydrogen (secondary N) is 1. The molecule has 1 amide bonds. The number of morpholine rings is 1. The third kappa shape index (κ3) is 5.47. The maximum atomic E-state index is 12.9. The molecule has 210 valence electrons. The molecule has 0 spiro atoms. The van der Waals surface area contributed by atoms with E-state index in [-0.39, 0.29) is 5.57 Å². The van der Waals surface area contributed by atoms with E-state index in [0.29, 0.717) is 12.1 Å². The fourth-order valence-electron chi connectivity index (χ4n) is 5.34. The minimum absolute atomic E-state index is 0.214. The van der Waals surface area contributed by atoms with Gasteiger partial charge in [-0.3, -0.25) is 4.79 Å². The normalized spacial score (nSPS) is 25.6. The molecular formula is C30H34N4O6. The highest BCUT2D eigenvalue weighted by molar-refractivity contribution is 6.02. The lowest BCUT2D eigenvalue weighted by Gasteiger charge is -2.40. The number of fused-ring (bicyclic) bond motifs is 1. The van der Waals surface area contributed by atoms with Gasteiger partial charge in [-0.2, -0.15) is 5.26 Å². The first kappa shape index (κ1) is 27.8. The summed E-state index contributed by atoms with van der Waals surface area (Å²) in [6.45, 7) is 4.97. The molecule has 0 radical (unpaired) electrons. The van der Waals surface area contributed by atoms with Crippen LogP contribution in [-0.4, -0.2) is 82.7 Å². The average Bonchev–Trinajstić information content (AvgIpc) is 3.35. The summed E-state index contributed by atoms with van der Waals surface area (Å²) in [5.41, 5.74) is 3.48. The predicted octanol–water partition coefficient (Wildman–Crippen LogP) is 1.92. The Labute approximate surface area is 232 Å². The summed E-state index contributed by atoms with van der Waals surface area (Å²) < 4.78 is 12.7. The second-order valence-electron chi connectivity index (χ2n) is 10.2. The van der Waals surface area contributed by atoms with Crippen LogP contribution in [0.4, 0.5) is 5.69 Å². The van der Waals surface area contributed by atoms with Crippen molar-refractivity contribution in [2.75, 3.05) is 31.2 Å². The van der Waals surface area contributed by atoms with E-state index in [9.17, 15) is 25.4 Å². The molecule has 2 aromatic carbocycles. The zero-order chi connectivity index (χ0) is 28.4. The van der Waals surface area contributed by atoms with Gasteiger partial charge in [-0.25, -0.2) is 0 Å². The van der Waals surface area contributed by atoms with Crippen LogP contribution in [0.25, 0.3) is 28.1 Å². The predicted molar refractivity (Wildman–Crippen MR) is 150 cm³/mol. The molecular weight excluding hydrogens is 512 g/mol. The molecule has 2 saturated heterocycles. The smallest absolute Gasteiger partial charge is 0.262 e. The number of ether oxygens (including phenoxy) is 2. The number of nitrogens with zero attached hydrogens (tertiary/aromatic N) is 3. The third-order valence-electron chi connectivity index (χ3n) is 7.73. The zero-order valence-corrected chi connectivity index (χ0v) is 22.5. The first-order valence-electron chi connectivity index (χ1n) is 13.5. The maximum Gasteiger partial charge on any atom is 0.262 e. The van der Waals surface area contributed by atoms with Gasteiger partial charge in [0.15, 0.2) is 6.29 Å². The van der Waals surface area contributed by atoms with Gasteiger partial charge in [0.1, 0.15) is 29.9 Å². The molecule has 0 aliphatic carbocycles. The van der Waals surface area contributed by atoms with E-state index in [0.717, 1.165) is 48.3 Å². The molecule has 1 unspecified atom stereocenters. The Hall–Kier alpha value is -3.72. The first-order chi connectivity index (χ1) is 19.3. The number of aliphatic hydroxyl groups excluding tert-OH is 3. The lowest BCUT2D eigenvalue weighted by Crippen LogP contribution is -2.63. The number of aromatic nitrogens is 1. The molecule has 40 heavy (non-hydrogen) atoms. The Morgan fingerprint density at radius 2 is 1.80 bits per heavy atom. The van der Waals surface area contributed by atoms with Crippen molar-refractivity contribution < 1.29 is 29.6 Å². The van der Waals surface area contributed by atoms with E-state index in [1.54, 1.807) is 6.92 Å². The molecule has 0 saturated carbocycles. The molecule has 5 atom stereocenters. The molecule has 3 heterocycles. The van der Waals surface area contributed by atoms with Gasteiger partial charge in [-0.05, 0) is 59.2 Å². The van der Waals surface area contributed by atoms with Gasteiger partial charge < -0.3 is 39.6 Å².